The summed E-state index contributed by atoms with van der Waals surface area (Å²) >= 11 is 5.50. The average molecular weight is 256 g/mol. The van der Waals surface area contributed by atoms with Crippen molar-refractivity contribution in [1.29, 1.82) is 0 Å². The number of nitrogens with zero attached hydrogens (tertiary/aromatic N) is 1. The number of hydrogen-bond donors (Lipinski definition) is 3. The number of alkyl halides is 1. The van der Waals surface area contributed by atoms with Crippen molar-refractivity contribution in [3.63, 3.8) is 0 Å². The summed E-state index contributed by atoms with van der Waals surface area (Å²) in [4.78, 5) is 15.5. The molecule has 0 atom stereocenters. The third-order valence-corrected chi connectivity index (χ3v) is 2.21. The van der Waals surface area contributed by atoms with Crippen molar-refractivity contribution < 1.29 is 9.90 Å². The normalized spacial score (nSPS) is 11.3. The van der Waals surface area contributed by atoms with Crippen molar-refractivity contribution in [3.05, 3.63) is 29.8 Å². The van der Waals surface area contributed by atoms with E-state index in [1.165, 1.54) is 0 Å². The van der Waals surface area contributed by atoms with Gasteiger partial charge in [-0.2, -0.15) is 0 Å². The number of rotatable bonds is 5. The van der Waals surface area contributed by atoms with Gasteiger partial charge in [0.05, 0.1) is 18.2 Å². The van der Waals surface area contributed by atoms with E-state index in [0.717, 1.165) is 0 Å². The lowest BCUT2D eigenvalue weighted by atomic mass is 10.2. The third kappa shape index (κ3) is 4.42. The van der Waals surface area contributed by atoms with Crippen LogP contribution in [0, 0.1) is 0 Å². The smallest absolute Gasteiger partial charge is 0.251 e. The molecule has 1 aromatic carbocycles. The Morgan fingerprint density at radius 3 is 2.59 bits per heavy atom. The van der Waals surface area contributed by atoms with Gasteiger partial charge in [0.25, 0.3) is 5.91 Å². The molecule has 5 nitrogen and oxygen atoms in total. The maximum Gasteiger partial charge on any atom is 0.251 e. The first-order valence-corrected chi connectivity index (χ1v) is 5.59. The Morgan fingerprint density at radius 1 is 1.41 bits per heavy atom. The van der Waals surface area contributed by atoms with Crippen LogP contribution in [0.25, 0.3) is 0 Å². The monoisotopic (exact) mass is 255 g/mol. The van der Waals surface area contributed by atoms with Crippen molar-refractivity contribution in [2.24, 2.45) is 10.7 Å². The fourth-order valence-corrected chi connectivity index (χ4v) is 1.21. The number of amides is 1. The van der Waals surface area contributed by atoms with E-state index in [2.05, 4.69) is 10.3 Å². The maximum absolute atomic E-state index is 11.5. The van der Waals surface area contributed by atoms with Crippen LogP contribution >= 0.6 is 11.6 Å². The first-order chi connectivity index (χ1) is 8.17. The van der Waals surface area contributed by atoms with E-state index in [-0.39, 0.29) is 24.9 Å². The van der Waals surface area contributed by atoms with Gasteiger partial charge < -0.3 is 16.2 Å². The van der Waals surface area contributed by atoms with E-state index in [4.69, 9.17) is 22.4 Å². The number of aliphatic hydroxyl groups excluding tert-OH is 1. The van der Waals surface area contributed by atoms with Crippen molar-refractivity contribution in [2.75, 3.05) is 19.0 Å². The van der Waals surface area contributed by atoms with Gasteiger partial charge in [-0.25, -0.2) is 4.99 Å². The van der Waals surface area contributed by atoms with Crippen molar-refractivity contribution in [2.45, 2.75) is 0 Å². The van der Waals surface area contributed by atoms with Gasteiger partial charge in [0.15, 0.2) is 0 Å². The first kappa shape index (κ1) is 13.5. The van der Waals surface area contributed by atoms with Crippen LogP contribution in [0.5, 0.6) is 0 Å². The van der Waals surface area contributed by atoms with Crippen LogP contribution < -0.4 is 11.1 Å². The quantitative estimate of drug-likeness (QED) is 0.410. The third-order valence-electron chi connectivity index (χ3n) is 1.94. The molecule has 0 saturated heterocycles. The summed E-state index contributed by atoms with van der Waals surface area (Å²) in [5, 5.41) is 11.1. The number of aliphatic hydroxyl groups is 1. The fourth-order valence-electron chi connectivity index (χ4n) is 1.15. The molecule has 0 aliphatic carbocycles. The van der Waals surface area contributed by atoms with Crippen LogP contribution in [0.15, 0.2) is 29.3 Å². The minimum Gasteiger partial charge on any atom is -0.395 e. The SMILES string of the molecule is NC(CCl)=Nc1ccc(C(=O)NCCO)cc1. The Kier molecular flexibility index (Phi) is 5.45. The molecule has 17 heavy (non-hydrogen) atoms. The van der Waals surface area contributed by atoms with Crippen LogP contribution in [0.1, 0.15) is 10.4 Å². The van der Waals surface area contributed by atoms with Gasteiger partial charge in [0, 0.05) is 12.1 Å². The number of carbonyl (C=O) groups excluding carboxylic acids is 1. The summed E-state index contributed by atoms with van der Waals surface area (Å²) < 4.78 is 0. The maximum atomic E-state index is 11.5. The molecule has 6 heteroatoms. The highest BCUT2D eigenvalue weighted by molar-refractivity contribution is 6.28. The number of amidine groups is 1. The summed E-state index contributed by atoms with van der Waals surface area (Å²) in [6, 6.07) is 6.61. The van der Waals surface area contributed by atoms with E-state index in [1.54, 1.807) is 24.3 Å². The Labute approximate surface area is 104 Å². The predicted octanol–water partition coefficient (Wildman–Crippen LogP) is 0.636. The molecule has 4 N–H and O–H groups in total. The molecule has 0 saturated carbocycles. The van der Waals surface area contributed by atoms with E-state index < -0.39 is 0 Å². The minimum absolute atomic E-state index is 0.0830. The van der Waals surface area contributed by atoms with Crippen molar-refractivity contribution in [3.8, 4) is 0 Å². The summed E-state index contributed by atoms with van der Waals surface area (Å²) in [7, 11) is 0. The Balaban J connectivity index is 2.71. The summed E-state index contributed by atoms with van der Waals surface area (Å²) in [5.74, 6) is 0.252. The van der Waals surface area contributed by atoms with Crippen molar-refractivity contribution >= 4 is 29.0 Å². The number of nitrogens with two attached hydrogens (primary N) is 1. The molecule has 0 bridgehead atoms. The standard InChI is InChI=1S/C11H14ClN3O2/c12-7-10(13)15-9-3-1-8(2-4-9)11(17)14-5-6-16/h1-4,16H,5-7H2,(H2,13,15)(H,14,17). The van der Waals surface area contributed by atoms with Crippen molar-refractivity contribution in [1.82, 2.24) is 5.32 Å². The molecule has 0 aromatic heterocycles. The molecule has 92 valence electrons. The predicted molar refractivity (Wildman–Crippen MR) is 67.9 cm³/mol. The average Bonchev–Trinajstić information content (AvgIpc) is 2.36. The number of benzene rings is 1. The lowest BCUT2D eigenvalue weighted by Gasteiger charge is -2.03. The lowest BCUT2D eigenvalue weighted by Crippen LogP contribution is -2.26. The molecule has 0 aliphatic heterocycles. The number of hydrogen-bond acceptors (Lipinski definition) is 3. The lowest BCUT2D eigenvalue weighted by molar-refractivity contribution is 0.0945. The molecule has 1 rings (SSSR count). The molecule has 0 spiro atoms. The number of halogens is 1. The van der Waals surface area contributed by atoms with Gasteiger partial charge in [0.1, 0.15) is 5.84 Å². The van der Waals surface area contributed by atoms with Gasteiger partial charge in [0.2, 0.25) is 0 Å². The molecular weight excluding hydrogens is 242 g/mol. The Morgan fingerprint density at radius 2 is 2.06 bits per heavy atom. The zero-order chi connectivity index (χ0) is 12.7. The van der Waals surface area contributed by atoms with Gasteiger partial charge in [-0.05, 0) is 24.3 Å². The minimum atomic E-state index is -0.236. The molecule has 0 fully saturated rings. The summed E-state index contributed by atoms with van der Waals surface area (Å²) in [6.45, 7) is 0.151. The topological polar surface area (TPSA) is 87.7 Å². The van der Waals surface area contributed by atoms with Gasteiger partial charge in [-0.15, -0.1) is 11.6 Å². The highest BCUT2D eigenvalue weighted by Gasteiger charge is 2.03. The van der Waals surface area contributed by atoms with Crippen LogP contribution in [0.3, 0.4) is 0 Å². The second kappa shape index (κ2) is 6.88. The molecule has 0 unspecified atom stereocenters. The second-order valence-electron chi connectivity index (χ2n) is 3.26. The summed E-state index contributed by atoms with van der Waals surface area (Å²) in [5.41, 5.74) is 6.62. The zero-order valence-electron chi connectivity index (χ0n) is 9.19. The largest absolute Gasteiger partial charge is 0.395 e. The number of nitrogens with one attached hydrogen (secondary N) is 1. The Hall–Kier alpha value is -1.59. The van der Waals surface area contributed by atoms with E-state index in [0.29, 0.717) is 17.1 Å². The highest BCUT2D eigenvalue weighted by atomic mass is 35.5. The van der Waals surface area contributed by atoms with Crippen LogP contribution in [-0.4, -0.2) is 35.9 Å². The fraction of sp³-hybridized carbons (Fsp3) is 0.273. The molecule has 1 aromatic rings. The Bertz CT molecular complexity index is 404. The van der Waals surface area contributed by atoms with Gasteiger partial charge in [-0.3, -0.25) is 4.79 Å². The van der Waals surface area contributed by atoms with Gasteiger partial charge in [-0.1, -0.05) is 0 Å². The molecular formula is C11H14ClN3O2. The molecule has 0 heterocycles. The summed E-state index contributed by atoms with van der Waals surface area (Å²) in [6.07, 6.45) is 0. The van der Waals surface area contributed by atoms with Gasteiger partial charge >= 0.3 is 0 Å². The van der Waals surface area contributed by atoms with Crippen LogP contribution in [0.2, 0.25) is 0 Å². The molecule has 0 radical (unpaired) electrons. The number of carbonyl (C=O) groups is 1. The molecule has 1 amide bonds. The van der Waals surface area contributed by atoms with E-state index in [9.17, 15) is 4.79 Å². The number of aliphatic imine (C=N–C) groups is 1. The first-order valence-electron chi connectivity index (χ1n) is 5.05. The van der Waals surface area contributed by atoms with E-state index in [1.807, 2.05) is 0 Å². The second-order valence-corrected chi connectivity index (χ2v) is 3.53. The van der Waals surface area contributed by atoms with E-state index >= 15 is 0 Å². The van der Waals surface area contributed by atoms with Crippen LogP contribution in [0.4, 0.5) is 5.69 Å². The zero-order valence-corrected chi connectivity index (χ0v) is 9.94. The van der Waals surface area contributed by atoms with Crippen LogP contribution in [-0.2, 0) is 0 Å². The molecule has 0 aliphatic rings. The highest BCUT2D eigenvalue weighted by Crippen LogP contribution is 2.13.